The molecule has 1 N–H and O–H groups in total. The Morgan fingerprint density at radius 2 is 1.92 bits per heavy atom. The number of nitrogens with one attached hydrogen (secondary N) is 1. The number of nitrogens with zero attached hydrogens (tertiary/aromatic N) is 2. The SMILES string of the molecule is Cc1ccc(OCC(=O)N2CCN(c3cccc[nH+]3)CC2)c(C)c1. The predicted molar refractivity (Wildman–Crippen MR) is 93.2 cm³/mol. The van der Waals surface area contributed by atoms with E-state index >= 15 is 0 Å². The molecule has 0 radical (unpaired) electrons. The first-order valence-electron chi connectivity index (χ1n) is 8.33. The van der Waals surface area contributed by atoms with Crippen molar-refractivity contribution in [1.29, 1.82) is 0 Å². The van der Waals surface area contributed by atoms with Crippen LogP contribution in [0.25, 0.3) is 0 Å². The molecule has 1 amide bonds. The van der Waals surface area contributed by atoms with Crippen LogP contribution in [0.3, 0.4) is 0 Å². The molecule has 0 atom stereocenters. The van der Waals surface area contributed by atoms with Gasteiger partial charge >= 0.3 is 0 Å². The number of hydrogen-bond donors (Lipinski definition) is 0. The Labute approximate surface area is 142 Å². The Balaban J connectivity index is 1.50. The van der Waals surface area contributed by atoms with Crippen LogP contribution in [-0.4, -0.2) is 43.6 Å². The van der Waals surface area contributed by atoms with Crippen molar-refractivity contribution in [2.75, 3.05) is 37.7 Å². The molecule has 0 bridgehead atoms. The number of ether oxygens (including phenoxy) is 1. The Hall–Kier alpha value is -2.56. The molecule has 1 fully saturated rings. The monoisotopic (exact) mass is 326 g/mol. The normalized spacial score (nSPS) is 14.6. The van der Waals surface area contributed by atoms with Gasteiger partial charge in [0.15, 0.2) is 6.61 Å². The summed E-state index contributed by atoms with van der Waals surface area (Å²) < 4.78 is 5.71. The second-order valence-corrected chi connectivity index (χ2v) is 6.17. The number of benzene rings is 1. The van der Waals surface area contributed by atoms with Gasteiger partial charge in [-0.2, -0.15) is 0 Å². The maximum Gasteiger partial charge on any atom is 0.274 e. The van der Waals surface area contributed by atoms with E-state index in [1.54, 1.807) is 0 Å². The van der Waals surface area contributed by atoms with Crippen molar-refractivity contribution < 1.29 is 14.5 Å². The lowest BCUT2D eigenvalue weighted by Crippen LogP contribution is -2.51. The zero-order chi connectivity index (χ0) is 16.9. The van der Waals surface area contributed by atoms with Crippen molar-refractivity contribution >= 4 is 11.7 Å². The van der Waals surface area contributed by atoms with Crippen molar-refractivity contribution in [2.45, 2.75) is 13.8 Å². The van der Waals surface area contributed by atoms with Crippen LogP contribution in [0.2, 0.25) is 0 Å². The lowest BCUT2D eigenvalue weighted by atomic mass is 10.1. The summed E-state index contributed by atoms with van der Waals surface area (Å²) in [4.78, 5) is 19.7. The largest absolute Gasteiger partial charge is 0.484 e. The molecule has 0 saturated carbocycles. The summed E-state index contributed by atoms with van der Waals surface area (Å²) in [6, 6.07) is 12.0. The molecule has 1 aliphatic rings. The minimum absolute atomic E-state index is 0.0478. The summed E-state index contributed by atoms with van der Waals surface area (Å²) >= 11 is 0. The summed E-state index contributed by atoms with van der Waals surface area (Å²) in [6.07, 6.45) is 1.92. The lowest BCUT2D eigenvalue weighted by Gasteiger charge is -2.30. The molecule has 1 aromatic carbocycles. The van der Waals surface area contributed by atoms with E-state index in [9.17, 15) is 4.79 Å². The average Bonchev–Trinajstić information content (AvgIpc) is 2.62. The van der Waals surface area contributed by atoms with Gasteiger partial charge in [0, 0.05) is 6.07 Å². The van der Waals surface area contributed by atoms with Crippen LogP contribution < -0.4 is 14.6 Å². The number of H-pyrrole nitrogens is 1. The highest BCUT2D eigenvalue weighted by Gasteiger charge is 2.26. The predicted octanol–water partition coefficient (Wildman–Crippen LogP) is 1.85. The zero-order valence-corrected chi connectivity index (χ0v) is 14.3. The van der Waals surface area contributed by atoms with Gasteiger partial charge in [0.2, 0.25) is 0 Å². The topological polar surface area (TPSA) is 46.9 Å². The second kappa shape index (κ2) is 7.34. The number of pyridine rings is 1. The third kappa shape index (κ3) is 3.85. The van der Waals surface area contributed by atoms with Gasteiger partial charge < -0.3 is 9.64 Å². The van der Waals surface area contributed by atoms with Crippen molar-refractivity contribution in [1.82, 2.24) is 4.90 Å². The first-order chi connectivity index (χ1) is 11.6. The van der Waals surface area contributed by atoms with Crippen LogP contribution in [0.5, 0.6) is 5.75 Å². The van der Waals surface area contributed by atoms with Crippen LogP contribution in [-0.2, 0) is 4.79 Å². The number of piperazine rings is 1. The van der Waals surface area contributed by atoms with Crippen molar-refractivity contribution in [2.24, 2.45) is 0 Å². The van der Waals surface area contributed by atoms with Gasteiger partial charge in [0.25, 0.3) is 11.7 Å². The molecule has 0 unspecified atom stereocenters. The van der Waals surface area contributed by atoms with Crippen LogP contribution >= 0.6 is 0 Å². The van der Waals surface area contributed by atoms with Gasteiger partial charge in [-0.05, 0) is 31.5 Å². The van der Waals surface area contributed by atoms with Gasteiger partial charge in [0.1, 0.15) is 18.8 Å². The second-order valence-electron chi connectivity index (χ2n) is 6.17. The number of aromatic nitrogens is 1. The van der Waals surface area contributed by atoms with E-state index in [2.05, 4.69) is 22.0 Å². The number of hydrogen-bond acceptors (Lipinski definition) is 3. The Morgan fingerprint density at radius 1 is 1.12 bits per heavy atom. The number of carbonyl (C=O) groups excluding carboxylic acids is 1. The quantitative estimate of drug-likeness (QED) is 0.861. The average molecular weight is 326 g/mol. The lowest BCUT2D eigenvalue weighted by molar-refractivity contribution is -0.364. The van der Waals surface area contributed by atoms with E-state index in [1.807, 2.05) is 49.2 Å². The van der Waals surface area contributed by atoms with Gasteiger partial charge in [-0.1, -0.05) is 23.8 Å². The van der Waals surface area contributed by atoms with E-state index in [0.29, 0.717) is 0 Å². The highest BCUT2D eigenvalue weighted by atomic mass is 16.5. The first kappa shape index (κ1) is 16.3. The molecule has 5 nitrogen and oxygen atoms in total. The van der Waals surface area contributed by atoms with Crippen LogP contribution in [0.4, 0.5) is 5.82 Å². The molecule has 126 valence electrons. The number of anilines is 1. The number of aryl methyl sites for hydroxylation is 2. The molecular formula is C19H24N3O2+. The van der Waals surface area contributed by atoms with E-state index in [0.717, 1.165) is 43.3 Å². The number of aromatic amines is 1. The fraction of sp³-hybridized carbons (Fsp3) is 0.368. The summed E-state index contributed by atoms with van der Waals surface area (Å²) in [7, 11) is 0. The highest BCUT2D eigenvalue weighted by molar-refractivity contribution is 5.78. The smallest absolute Gasteiger partial charge is 0.274 e. The zero-order valence-electron chi connectivity index (χ0n) is 14.3. The number of carbonyl (C=O) groups is 1. The maximum absolute atomic E-state index is 12.4. The standard InChI is InChI=1S/C19H23N3O2/c1-15-6-7-17(16(2)13-15)24-14-19(23)22-11-9-21(10-12-22)18-5-3-4-8-20-18/h3-8,13H,9-12,14H2,1-2H3/p+1. The van der Waals surface area contributed by atoms with Crippen LogP contribution in [0.1, 0.15) is 11.1 Å². The first-order valence-corrected chi connectivity index (χ1v) is 8.33. The van der Waals surface area contributed by atoms with E-state index < -0.39 is 0 Å². The molecule has 3 rings (SSSR count). The van der Waals surface area contributed by atoms with Gasteiger partial charge in [-0.25, -0.2) is 4.98 Å². The fourth-order valence-electron chi connectivity index (χ4n) is 2.97. The van der Waals surface area contributed by atoms with Crippen molar-refractivity contribution in [3.05, 3.63) is 53.7 Å². The summed E-state index contributed by atoms with van der Waals surface area (Å²) in [5.74, 6) is 1.93. The van der Waals surface area contributed by atoms with E-state index in [1.165, 1.54) is 5.56 Å². The van der Waals surface area contributed by atoms with E-state index in [4.69, 9.17) is 4.74 Å². The third-order valence-electron chi connectivity index (χ3n) is 4.35. The molecular weight excluding hydrogens is 302 g/mol. The fourth-order valence-corrected chi connectivity index (χ4v) is 2.97. The van der Waals surface area contributed by atoms with Gasteiger partial charge in [-0.15, -0.1) is 0 Å². The molecule has 1 aromatic heterocycles. The van der Waals surface area contributed by atoms with Crippen LogP contribution in [0.15, 0.2) is 42.6 Å². The molecule has 0 aliphatic carbocycles. The van der Waals surface area contributed by atoms with Gasteiger partial charge in [-0.3, -0.25) is 9.69 Å². The number of amides is 1. The maximum atomic E-state index is 12.4. The van der Waals surface area contributed by atoms with Gasteiger partial charge in [0.05, 0.1) is 19.3 Å². The molecule has 1 aliphatic heterocycles. The minimum Gasteiger partial charge on any atom is -0.484 e. The Bertz CT molecular complexity index is 695. The highest BCUT2D eigenvalue weighted by Crippen LogP contribution is 2.19. The summed E-state index contributed by atoms with van der Waals surface area (Å²) in [6.45, 7) is 7.25. The van der Waals surface area contributed by atoms with Crippen LogP contribution in [0, 0.1) is 13.8 Å². The molecule has 2 heterocycles. The molecule has 5 heteroatoms. The van der Waals surface area contributed by atoms with Crippen molar-refractivity contribution in [3.63, 3.8) is 0 Å². The molecule has 0 spiro atoms. The minimum atomic E-state index is 0.0478. The van der Waals surface area contributed by atoms with Crippen molar-refractivity contribution in [3.8, 4) is 5.75 Å². The number of rotatable bonds is 4. The third-order valence-corrected chi connectivity index (χ3v) is 4.35. The Morgan fingerprint density at radius 3 is 2.58 bits per heavy atom. The Kier molecular flexibility index (Phi) is 4.99. The summed E-state index contributed by atoms with van der Waals surface area (Å²) in [5.41, 5.74) is 2.26. The molecule has 1 saturated heterocycles. The molecule has 2 aromatic rings. The molecule has 24 heavy (non-hydrogen) atoms. The van der Waals surface area contributed by atoms with E-state index in [-0.39, 0.29) is 12.5 Å². The summed E-state index contributed by atoms with van der Waals surface area (Å²) in [5, 5.41) is 0.